The van der Waals surface area contributed by atoms with Gasteiger partial charge in [-0.1, -0.05) is 12.1 Å². The minimum Gasteiger partial charge on any atom is -0.379 e. The molecule has 232 valence electrons. The highest BCUT2D eigenvalue weighted by atomic mass is 19.3. The number of nitrogens with zero attached hydrogens (tertiary/aromatic N) is 7. The Morgan fingerprint density at radius 3 is 2.30 bits per heavy atom. The molecule has 13 nitrogen and oxygen atoms in total. The monoisotopic (exact) mass is 600 g/mol. The van der Waals surface area contributed by atoms with Gasteiger partial charge in [-0.05, 0) is 37.8 Å². The summed E-state index contributed by atoms with van der Waals surface area (Å²) in [5, 5.41) is 9.47. The Balaban J connectivity index is 1.12. The molecule has 0 atom stereocenters. The molecule has 3 N–H and O–H groups in total. The van der Waals surface area contributed by atoms with E-state index in [9.17, 15) is 13.6 Å². The maximum Gasteiger partial charge on any atom is 0.315 e. The van der Waals surface area contributed by atoms with Crippen molar-refractivity contribution in [1.82, 2.24) is 40.0 Å². The fourth-order valence-electron chi connectivity index (χ4n) is 5.78. The second kappa shape index (κ2) is 13.7. The van der Waals surface area contributed by atoms with Crippen LogP contribution >= 0.6 is 0 Å². The number of rotatable bonds is 9. The van der Waals surface area contributed by atoms with Crippen LogP contribution in [-0.4, -0.2) is 113 Å². The summed E-state index contributed by atoms with van der Waals surface area (Å²) >= 11 is 0. The molecule has 1 aliphatic carbocycles. The highest BCUT2D eigenvalue weighted by Gasteiger charge is 2.27. The van der Waals surface area contributed by atoms with Gasteiger partial charge in [0.15, 0.2) is 5.82 Å². The van der Waals surface area contributed by atoms with E-state index in [1.807, 2.05) is 4.90 Å². The molecule has 2 aromatic heterocycles. The van der Waals surface area contributed by atoms with E-state index in [0.29, 0.717) is 55.8 Å². The second-order valence-electron chi connectivity index (χ2n) is 11.0. The average Bonchev–Trinajstić information content (AvgIpc) is 3.43. The molecule has 3 aromatic rings. The Labute approximate surface area is 248 Å². The van der Waals surface area contributed by atoms with Gasteiger partial charge in [0.25, 0.3) is 6.43 Å². The fraction of sp³-hybridized carbons (Fsp3) is 0.607. The number of fused-ring (bicyclic) bond motifs is 1. The van der Waals surface area contributed by atoms with E-state index in [2.05, 4.69) is 40.8 Å². The summed E-state index contributed by atoms with van der Waals surface area (Å²) in [6, 6.07) is 6.94. The summed E-state index contributed by atoms with van der Waals surface area (Å²) in [5.41, 5.74) is 0.939. The van der Waals surface area contributed by atoms with Gasteiger partial charge in [-0.25, -0.2) is 18.6 Å². The lowest BCUT2D eigenvalue weighted by molar-refractivity contribution is 0.0387. The molecule has 2 saturated heterocycles. The number of hydrogen-bond acceptors (Lipinski definition) is 10. The van der Waals surface area contributed by atoms with Gasteiger partial charge in [-0.15, -0.1) is 0 Å². The van der Waals surface area contributed by atoms with Crippen LogP contribution in [0.25, 0.3) is 17.0 Å². The number of amides is 2. The lowest BCUT2D eigenvalue weighted by Crippen LogP contribution is -2.47. The Bertz CT molecular complexity index is 1370. The molecular weight excluding hydrogens is 562 g/mol. The van der Waals surface area contributed by atoms with Gasteiger partial charge >= 0.3 is 6.03 Å². The van der Waals surface area contributed by atoms with Crippen LogP contribution in [-0.2, 0) is 9.47 Å². The molecule has 4 heterocycles. The number of imidazole rings is 1. The third-order valence-corrected chi connectivity index (χ3v) is 8.10. The van der Waals surface area contributed by atoms with Crippen LogP contribution in [0, 0.1) is 0 Å². The van der Waals surface area contributed by atoms with E-state index in [-0.39, 0.29) is 24.1 Å². The molecule has 2 amide bonds. The molecule has 43 heavy (non-hydrogen) atoms. The van der Waals surface area contributed by atoms with Crippen molar-refractivity contribution in [3.63, 3.8) is 0 Å². The number of benzene rings is 1. The van der Waals surface area contributed by atoms with Crippen LogP contribution in [0.5, 0.6) is 0 Å². The number of halogens is 2. The summed E-state index contributed by atoms with van der Waals surface area (Å²) in [6.45, 7) is 6.88. The maximum atomic E-state index is 14.1. The summed E-state index contributed by atoms with van der Waals surface area (Å²) in [7, 11) is 0. The number of carbonyl (C=O) groups is 1. The summed E-state index contributed by atoms with van der Waals surface area (Å²) in [4.78, 5) is 34.8. The number of urea groups is 1. The Kier molecular flexibility index (Phi) is 9.39. The number of hydrogen-bond donors (Lipinski definition) is 3. The van der Waals surface area contributed by atoms with Crippen molar-refractivity contribution in [2.45, 2.75) is 44.2 Å². The van der Waals surface area contributed by atoms with Crippen LogP contribution in [0.1, 0.15) is 37.9 Å². The largest absolute Gasteiger partial charge is 0.379 e. The van der Waals surface area contributed by atoms with E-state index in [4.69, 9.17) is 9.47 Å². The van der Waals surface area contributed by atoms with Crippen LogP contribution in [0.15, 0.2) is 24.3 Å². The standard InChI is InChI=1S/C28H38F2N10O3/c29-23(30)24-34-21-3-1-2-4-22(21)40(24)27-36-25(35-26(37-27)39-13-17-43-18-14-39)32-19-5-7-20(8-6-19)33-28(41)31-9-10-38-11-15-42-16-12-38/h1-4,19-20,23H,5-18H2,(H2,31,33,41)(H,32,35,36,37)/t19-,20-. The first-order valence-corrected chi connectivity index (χ1v) is 15.0. The summed E-state index contributed by atoms with van der Waals surface area (Å²) < 4.78 is 40.4. The lowest BCUT2D eigenvalue weighted by atomic mass is 9.91. The second-order valence-corrected chi connectivity index (χ2v) is 11.0. The minimum atomic E-state index is -2.81. The lowest BCUT2D eigenvalue weighted by Gasteiger charge is -2.31. The van der Waals surface area contributed by atoms with Crippen LogP contribution in [0.3, 0.4) is 0 Å². The van der Waals surface area contributed by atoms with E-state index >= 15 is 0 Å². The average molecular weight is 601 g/mol. The predicted octanol–water partition coefficient (Wildman–Crippen LogP) is 2.34. The van der Waals surface area contributed by atoms with Crippen molar-refractivity contribution in [1.29, 1.82) is 0 Å². The highest BCUT2D eigenvalue weighted by molar-refractivity contribution is 5.77. The molecule has 0 unspecified atom stereocenters. The molecule has 15 heteroatoms. The smallest absolute Gasteiger partial charge is 0.315 e. The zero-order chi connectivity index (χ0) is 29.6. The predicted molar refractivity (Wildman–Crippen MR) is 156 cm³/mol. The Hall–Kier alpha value is -3.69. The molecule has 6 rings (SSSR count). The number of ether oxygens (including phenoxy) is 2. The third-order valence-electron chi connectivity index (χ3n) is 8.10. The molecule has 3 aliphatic rings. The van der Waals surface area contributed by atoms with Crippen molar-refractivity contribution in [2.75, 3.05) is 75.9 Å². The number of nitrogens with one attached hydrogen (secondary N) is 3. The molecule has 0 spiro atoms. The number of anilines is 2. The van der Waals surface area contributed by atoms with Crippen LogP contribution in [0.2, 0.25) is 0 Å². The summed E-state index contributed by atoms with van der Waals surface area (Å²) in [5.74, 6) is 0.396. The Morgan fingerprint density at radius 2 is 1.56 bits per heavy atom. The van der Waals surface area contributed by atoms with Gasteiger partial charge in [-0.2, -0.15) is 15.0 Å². The van der Waals surface area contributed by atoms with Gasteiger partial charge in [0.05, 0.1) is 37.5 Å². The van der Waals surface area contributed by atoms with E-state index in [1.165, 1.54) is 4.57 Å². The van der Waals surface area contributed by atoms with Gasteiger partial charge in [0.2, 0.25) is 17.8 Å². The first kappa shape index (κ1) is 29.4. The van der Waals surface area contributed by atoms with Gasteiger partial charge in [0.1, 0.15) is 0 Å². The third kappa shape index (κ3) is 7.28. The Morgan fingerprint density at radius 1 is 0.884 bits per heavy atom. The summed E-state index contributed by atoms with van der Waals surface area (Å²) in [6.07, 6.45) is 0.368. The quantitative estimate of drug-likeness (QED) is 0.336. The van der Waals surface area contributed by atoms with E-state index < -0.39 is 12.2 Å². The molecule has 1 saturated carbocycles. The van der Waals surface area contributed by atoms with Gasteiger partial charge in [0, 0.05) is 51.4 Å². The van der Waals surface area contributed by atoms with Crippen LogP contribution < -0.4 is 20.9 Å². The van der Waals surface area contributed by atoms with Crippen molar-refractivity contribution in [3.8, 4) is 5.95 Å². The molecular formula is C28H38F2N10O3. The minimum absolute atomic E-state index is 0.0596. The highest BCUT2D eigenvalue weighted by Crippen LogP contribution is 2.28. The normalized spacial score (nSPS) is 21.7. The van der Waals surface area contributed by atoms with Crippen molar-refractivity contribution < 1.29 is 23.0 Å². The zero-order valence-corrected chi connectivity index (χ0v) is 24.1. The molecule has 2 aliphatic heterocycles. The number of carbonyl (C=O) groups excluding carboxylic acids is 1. The van der Waals surface area contributed by atoms with Crippen LogP contribution in [0.4, 0.5) is 25.5 Å². The van der Waals surface area contributed by atoms with Crippen molar-refractivity contribution in [3.05, 3.63) is 30.1 Å². The molecule has 1 aromatic carbocycles. The van der Waals surface area contributed by atoms with E-state index in [1.54, 1.807) is 24.3 Å². The first-order chi connectivity index (χ1) is 21.0. The number of para-hydroxylation sites is 2. The molecule has 0 radical (unpaired) electrons. The van der Waals surface area contributed by atoms with E-state index in [0.717, 1.165) is 58.5 Å². The molecule has 3 fully saturated rings. The number of alkyl halides is 2. The topological polar surface area (TPSA) is 135 Å². The zero-order valence-electron chi connectivity index (χ0n) is 24.1. The fourth-order valence-corrected chi connectivity index (χ4v) is 5.78. The first-order valence-electron chi connectivity index (χ1n) is 15.0. The number of aromatic nitrogens is 5. The molecule has 0 bridgehead atoms. The van der Waals surface area contributed by atoms with Gasteiger partial charge in [-0.3, -0.25) is 9.47 Å². The number of morpholine rings is 2. The van der Waals surface area contributed by atoms with Crippen molar-refractivity contribution >= 4 is 29.0 Å². The van der Waals surface area contributed by atoms with Crippen molar-refractivity contribution in [2.24, 2.45) is 0 Å². The SMILES string of the molecule is O=C(NCCN1CCOCC1)N[C@H]1CC[C@H](Nc2nc(N3CCOCC3)nc(-n3c(C(F)F)nc4ccccc43)n2)CC1. The van der Waals surface area contributed by atoms with Gasteiger partial charge < -0.3 is 30.3 Å². The maximum absolute atomic E-state index is 14.1.